The number of aryl methyl sites for hydroxylation is 1. The number of thioether (sulfide) groups is 1. The van der Waals surface area contributed by atoms with Gasteiger partial charge in [0.25, 0.3) is 0 Å². The Hall–Kier alpha value is -2.64. The second-order valence-corrected chi connectivity index (χ2v) is 7.96. The van der Waals surface area contributed by atoms with Gasteiger partial charge in [0.15, 0.2) is 0 Å². The van der Waals surface area contributed by atoms with Gasteiger partial charge in [-0.1, -0.05) is 56.4 Å². The van der Waals surface area contributed by atoms with Gasteiger partial charge in [0, 0.05) is 12.0 Å². The minimum atomic E-state index is -0.176. The van der Waals surface area contributed by atoms with Crippen LogP contribution in [0.15, 0.2) is 59.0 Å². The molecule has 0 aliphatic rings. The minimum absolute atomic E-state index is 0.0734. The Morgan fingerprint density at radius 2 is 1.88 bits per heavy atom. The second kappa shape index (κ2) is 13.7. The summed E-state index contributed by atoms with van der Waals surface area (Å²) < 4.78 is 11.7. The largest absolute Gasteiger partial charge is 0.493 e. The molecule has 1 N–H and O–H groups in total. The number of hydrogen-bond acceptors (Lipinski definition) is 6. The molecule has 1 amide bonds. The van der Waals surface area contributed by atoms with Gasteiger partial charge in [-0.3, -0.25) is 4.79 Å². The van der Waals surface area contributed by atoms with E-state index in [1.807, 2.05) is 81.6 Å². The number of nitrogens with one attached hydrogen (secondary N) is 1. The molecular weight excluding hydrogens is 440 g/mol. The summed E-state index contributed by atoms with van der Waals surface area (Å²) in [5.74, 6) is 2.15. The van der Waals surface area contributed by atoms with Crippen LogP contribution in [0.2, 0.25) is 0 Å². The van der Waals surface area contributed by atoms with Crippen molar-refractivity contribution < 1.29 is 13.9 Å². The second-order valence-electron chi connectivity index (χ2n) is 6.69. The maximum atomic E-state index is 12.0. The topological polar surface area (TPSA) is 64.4 Å². The summed E-state index contributed by atoms with van der Waals surface area (Å²) in [5, 5.41) is 2.40. The van der Waals surface area contributed by atoms with Gasteiger partial charge in [0.2, 0.25) is 11.8 Å². The summed E-state index contributed by atoms with van der Waals surface area (Å²) >= 11 is 6.20. The van der Waals surface area contributed by atoms with Crippen LogP contribution >= 0.6 is 24.0 Å². The van der Waals surface area contributed by atoms with Crippen LogP contribution in [0.5, 0.6) is 5.75 Å². The minimum Gasteiger partial charge on any atom is -0.493 e. The number of hydrogen-bond donors (Lipinski definition) is 1. The van der Waals surface area contributed by atoms with E-state index in [-0.39, 0.29) is 11.2 Å². The van der Waals surface area contributed by atoms with Gasteiger partial charge in [-0.2, -0.15) is 11.8 Å². The number of aromatic nitrogens is 1. The monoisotopic (exact) mass is 470 g/mol. The first kappa shape index (κ1) is 25.6. The summed E-state index contributed by atoms with van der Waals surface area (Å²) in [6.07, 6.45) is 3.22. The van der Waals surface area contributed by atoms with E-state index in [4.69, 9.17) is 21.4 Å². The maximum Gasteiger partial charge on any atom is 0.237 e. The predicted molar refractivity (Wildman–Crippen MR) is 136 cm³/mol. The zero-order chi connectivity index (χ0) is 23.3. The van der Waals surface area contributed by atoms with Crippen LogP contribution in [-0.2, 0) is 17.6 Å². The van der Waals surface area contributed by atoms with Crippen molar-refractivity contribution in [1.29, 1.82) is 0 Å². The van der Waals surface area contributed by atoms with Crippen LogP contribution in [0, 0.1) is 6.92 Å². The normalized spacial score (nSPS) is 11.1. The SMILES string of the molecule is CC.CSC(Cc1ccc(OCCc2nc(-c3ccccc3)oc2C)cc1)C(=O)NC=S. The van der Waals surface area contributed by atoms with E-state index in [2.05, 4.69) is 10.3 Å². The number of nitrogens with zero attached hydrogens (tertiary/aromatic N) is 1. The number of rotatable bonds is 10. The highest BCUT2D eigenvalue weighted by Gasteiger charge is 2.17. The summed E-state index contributed by atoms with van der Waals surface area (Å²) in [7, 11) is 0. The Bertz CT molecular complexity index is 973. The van der Waals surface area contributed by atoms with Gasteiger partial charge in [-0.05, 0) is 49.4 Å². The van der Waals surface area contributed by atoms with E-state index in [1.54, 1.807) is 0 Å². The highest BCUT2D eigenvalue weighted by atomic mass is 32.2. The average Bonchev–Trinajstić information content (AvgIpc) is 3.21. The number of thiocarbonyl (C=S) groups is 1. The molecule has 0 aliphatic carbocycles. The lowest BCUT2D eigenvalue weighted by molar-refractivity contribution is -0.119. The number of carbonyl (C=O) groups is 1. The van der Waals surface area contributed by atoms with Crippen molar-refractivity contribution in [3.63, 3.8) is 0 Å². The molecule has 1 atom stereocenters. The van der Waals surface area contributed by atoms with Gasteiger partial charge in [-0.25, -0.2) is 4.98 Å². The lowest BCUT2D eigenvalue weighted by Crippen LogP contribution is -2.32. The molecule has 0 fully saturated rings. The van der Waals surface area contributed by atoms with Crippen LogP contribution in [-0.4, -0.2) is 34.5 Å². The van der Waals surface area contributed by atoms with Crippen LogP contribution < -0.4 is 10.1 Å². The van der Waals surface area contributed by atoms with Crippen molar-refractivity contribution in [3.05, 3.63) is 71.6 Å². The molecule has 3 aromatic rings. The van der Waals surface area contributed by atoms with E-state index < -0.39 is 0 Å². The molecule has 7 heteroatoms. The van der Waals surface area contributed by atoms with Gasteiger partial charge < -0.3 is 14.5 Å². The highest BCUT2D eigenvalue weighted by molar-refractivity contribution is 7.99. The number of carbonyl (C=O) groups excluding carboxylic acids is 1. The summed E-state index contributed by atoms with van der Waals surface area (Å²) in [5.41, 5.74) is 4.19. The third-order valence-electron chi connectivity index (χ3n) is 4.64. The summed E-state index contributed by atoms with van der Waals surface area (Å²) in [4.78, 5) is 16.6. The van der Waals surface area contributed by atoms with Crippen molar-refractivity contribution in [3.8, 4) is 17.2 Å². The molecule has 1 heterocycles. The highest BCUT2D eigenvalue weighted by Crippen LogP contribution is 2.22. The lowest BCUT2D eigenvalue weighted by Gasteiger charge is -2.13. The molecule has 1 unspecified atom stereocenters. The molecule has 170 valence electrons. The Morgan fingerprint density at radius 1 is 1.19 bits per heavy atom. The first-order valence-electron chi connectivity index (χ1n) is 10.6. The molecular formula is C25H30N2O3S2. The summed E-state index contributed by atoms with van der Waals surface area (Å²) in [6.45, 7) is 6.43. The van der Waals surface area contributed by atoms with Crippen molar-refractivity contribution in [2.75, 3.05) is 12.9 Å². The molecule has 0 saturated heterocycles. The van der Waals surface area contributed by atoms with Crippen molar-refractivity contribution in [2.45, 2.75) is 38.9 Å². The fourth-order valence-electron chi connectivity index (χ4n) is 3.00. The molecule has 0 radical (unpaired) electrons. The number of amides is 1. The van der Waals surface area contributed by atoms with E-state index >= 15 is 0 Å². The molecule has 0 spiro atoms. The van der Waals surface area contributed by atoms with E-state index in [9.17, 15) is 4.79 Å². The quantitative estimate of drug-likeness (QED) is 0.387. The van der Waals surface area contributed by atoms with E-state index in [0.29, 0.717) is 25.3 Å². The Kier molecular flexibility index (Phi) is 11.0. The Morgan fingerprint density at radius 3 is 2.50 bits per heavy atom. The van der Waals surface area contributed by atoms with E-state index in [1.165, 1.54) is 17.3 Å². The number of benzene rings is 2. The van der Waals surface area contributed by atoms with Crippen LogP contribution in [0.25, 0.3) is 11.5 Å². The van der Waals surface area contributed by atoms with Crippen LogP contribution in [0.4, 0.5) is 0 Å². The molecule has 3 rings (SSSR count). The molecule has 0 aliphatic heterocycles. The fraction of sp³-hybridized carbons (Fsp3) is 0.320. The van der Waals surface area contributed by atoms with Gasteiger partial charge >= 0.3 is 0 Å². The molecule has 32 heavy (non-hydrogen) atoms. The number of ether oxygens (including phenoxy) is 1. The molecule has 0 saturated carbocycles. The zero-order valence-corrected chi connectivity index (χ0v) is 20.6. The third-order valence-corrected chi connectivity index (χ3v) is 5.71. The Labute approximate surface area is 200 Å². The third kappa shape index (κ3) is 7.50. The number of oxazole rings is 1. The van der Waals surface area contributed by atoms with Gasteiger partial charge in [-0.15, -0.1) is 0 Å². The van der Waals surface area contributed by atoms with Gasteiger partial charge in [0.1, 0.15) is 11.5 Å². The standard InChI is InChI=1S/C23H24N2O3S2.C2H6/c1-16-20(25-23(28-16)18-6-4-3-5-7-18)12-13-27-19-10-8-17(9-11-19)14-21(30-2)22(26)24-15-29;1-2/h3-11,15,21H,12-14H2,1-2H3,(H,24,26,29);1-2H3. The lowest BCUT2D eigenvalue weighted by atomic mass is 10.1. The van der Waals surface area contributed by atoms with Crippen molar-refractivity contribution in [1.82, 2.24) is 10.3 Å². The van der Waals surface area contributed by atoms with Crippen molar-refractivity contribution >= 4 is 35.4 Å². The fourth-order valence-corrected chi connectivity index (χ4v) is 3.76. The first-order valence-corrected chi connectivity index (χ1v) is 12.4. The average molecular weight is 471 g/mol. The van der Waals surface area contributed by atoms with Crippen LogP contribution in [0.1, 0.15) is 30.9 Å². The zero-order valence-electron chi connectivity index (χ0n) is 19.0. The molecule has 5 nitrogen and oxygen atoms in total. The van der Waals surface area contributed by atoms with Crippen molar-refractivity contribution in [2.24, 2.45) is 0 Å². The first-order chi connectivity index (χ1) is 15.6. The molecule has 2 aromatic carbocycles. The predicted octanol–water partition coefficient (Wildman–Crippen LogP) is 5.65. The van der Waals surface area contributed by atoms with Crippen LogP contribution in [0.3, 0.4) is 0 Å². The van der Waals surface area contributed by atoms with E-state index in [0.717, 1.165) is 28.3 Å². The molecule has 0 bridgehead atoms. The smallest absolute Gasteiger partial charge is 0.237 e. The Balaban J connectivity index is 0.00000176. The molecule has 1 aromatic heterocycles. The summed E-state index contributed by atoms with van der Waals surface area (Å²) in [6, 6.07) is 17.7. The van der Waals surface area contributed by atoms with Gasteiger partial charge in [0.05, 0.1) is 23.0 Å². The maximum absolute atomic E-state index is 12.0.